The van der Waals surface area contributed by atoms with Crippen LogP contribution in [0, 0.1) is 5.92 Å². The van der Waals surface area contributed by atoms with Crippen molar-refractivity contribution in [3.05, 3.63) is 71.9 Å². The Hall–Kier alpha value is -3.61. The highest BCUT2D eigenvalue weighted by atomic mass is 16.4. The first-order valence-corrected chi connectivity index (χ1v) is 8.97. The minimum Gasteiger partial charge on any atom is -0.481 e. The molecule has 3 N–H and O–H groups in total. The average Bonchev–Trinajstić information content (AvgIpc) is 3.25. The van der Waals surface area contributed by atoms with Gasteiger partial charge in [0, 0.05) is 24.0 Å². The van der Waals surface area contributed by atoms with E-state index < -0.39 is 23.8 Å². The number of H-pyrrole nitrogens is 1. The van der Waals surface area contributed by atoms with E-state index in [1.807, 2.05) is 54.6 Å². The van der Waals surface area contributed by atoms with Gasteiger partial charge in [0.1, 0.15) is 17.7 Å². The predicted molar refractivity (Wildman–Crippen MR) is 103 cm³/mol. The van der Waals surface area contributed by atoms with Crippen molar-refractivity contribution in [1.82, 2.24) is 15.2 Å². The van der Waals surface area contributed by atoms with Gasteiger partial charge in [-0.3, -0.25) is 14.4 Å². The van der Waals surface area contributed by atoms with Crippen LogP contribution in [-0.2, 0) is 16.1 Å². The molecule has 28 heavy (non-hydrogen) atoms. The molecule has 0 bridgehead atoms. The van der Waals surface area contributed by atoms with E-state index in [1.165, 1.54) is 4.90 Å². The molecule has 2 unspecified atom stereocenters. The number of hydrogen-bond acceptors (Lipinski definition) is 3. The maximum atomic E-state index is 12.8. The molecule has 2 amide bonds. The van der Waals surface area contributed by atoms with Gasteiger partial charge < -0.3 is 20.3 Å². The van der Waals surface area contributed by atoms with Crippen LogP contribution >= 0.6 is 0 Å². The van der Waals surface area contributed by atoms with E-state index in [0.717, 1.165) is 16.5 Å². The first-order valence-electron chi connectivity index (χ1n) is 8.97. The zero-order valence-corrected chi connectivity index (χ0v) is 15.0. The lowest BCUT2D eigenvalue weighted by Crippen LogP contribution is -2.46. The minimum atomic E-state index is -1.11. The highest BCUT2D eigenvalue weighted by Gasteiger charge is 2.45. The summed E-state index contributed by atoms with van der Waals surface area (Å²) in [5.74, 6) is -2.99. The van der Waals surface area contributed by atoms with Crippen LogP contribution < -0.4 is 5.32 Å². The molecular weight excluding hydrogens is 358 g/mol. The van der Waals surface area contributed by atoms with Gasteiger partial charge in [-0.15, -0.1) is 0 Å². The summed E-state index contributed by atoms with van der Waals surface area (Å²) in [6.45, 7) is 0.364. The monoisotopic (exact) mass is 377 g/mol. The summed E-state index contributed by atoms with van der Waals surface area (Å²) < 4.78 is 0. The van der Waals surface area contributed by atoms with Crippen LogP contribution in [0.3, 0.4) is 0 Å². The molecule has 0 aliphatic carbocycles. The normalized spacial score (nSPS) is 19.1. The number of carbonyl (C=O) groups is 3. The van der Waals surface area contributed by atoms with E-state index >= 15 is 0 Å². The van der Waals surface area contributed by atoms with Gasteiger partial charge in [-0.1, -0.05) is 48.5 Å². The number of carboxylic acids is 1. The first kappa shape index (κ1) is 17.8. The molecule has 7 nitrogen and oxygen atoms in total. The maximum absolute atomic E-state index is 12.8. The van der Waals surface area contributed by atoms with Crippen molar-refractivity contribution in [2.45, 2.75) is 12.6 Å². The molecule has 3 aromatic rings. The Morgan fingerprint density at radius 1 is 1.11 bits per heavy atom. The lowest BCUT2D eigenvalue weighted by molar-refractivity contribution is -0.142. The molecule has 142 valence electrons. The molecule has 1 aliphatic heterocycles. The van der Waals surface area contributed by atoms with Crippen molar-refractivity contribution in [2.75, 3.05) is 6.54 Å². The highest BCUT2D eigenvalue weighted by molar-refractivity contribution is 6.01. The molecule has 7 heteroatoms. The molecular formula is C21H19N3O4. The lowest BCUT2D eigenvalue weighted by atomic mass is 10.0. The zero-order chi connectivity index (χ0) is 19.7. The van der Waals surface area contributed by atoms with Crippen LogP contribution in [0.2, 0.25) is 0 Å². The Morgan fingerprint density at radius 2 is 1.82 bits per heavy atom. The van der Waals surface area contributed by atoms with Crippen molar-refractivity contribution in [3.63, 3.8) is 0 Å². The third kappa shape index (κ3) is 3.34. The van der Waals surface area contributed by atoms with E-state index in [4.69, 9.17) is 0 Å². The van der Waals surface area contributed by atoms with Crippen molar-refractivity contribution in [1.29, 1.82) is 0 Å². The predicted octanol–water partition coefficient (Wildman–Crippen LogP) is 2.01. The Kier molecular flexibility index (Phi) is 4.57. The first-order chi connectivity index (χ1) is 13.5. The fraction of sp³-hybridized carbons (Fsp3) is 0.190. The molecule has 0 saturated carbocycles. The molecule has 1 fully saturated rings. The molecule has 1 saturated heterocycles. The second-order valence-electron chi connectivity index (χ2n) is 6.87. The fourth-order valence-corrected chi connectivity index (χ4v) is 3.55. The van der Waals surface area contributed by atoms with Crippen molar-refractivity contribution >= 4 is 28.7 Å². The summed E-state index contributed by atoms with van der Waals surface area (Å²) in [4.78, 5) is 41.6. The minimum absolute atomic E-state index is 0.0563. The van der Waals surface area contributed by atoms with Gasteiger partial charge in [0.2, 0.25) is 5.91 Å². The molecule has 1 aromatic heterocycles. The number of nitrogens with zero attached hydrogens (tertiary/aromatic N) is 1. The number of carboxylic acid groups (broad SMARTS) is 1. The van der Waals surface area contributed by atoms with Crippen LogP contribution in [0.15, 0.2) is 60.7 Å². The third-order valence-corrected chi connectivity index (χ3v) is 4.99. The number of fused-ring (bicyclic) bond motifs is 1. The highest BCUT2D eigenvalue weighted by Crippen LogP contribution is 2.22. The van der Waals surface area contributed by atoms with Crippen molar-refractivity contribution in [2.24, 2.45) is 5.92 Å². The standard InChI is InChI=1S/C21H19N3O4/c25-19(17-10-14-8-4-5-9-16(14)22-17)23-18-15(21(27)28)12-24(20(18)26)11-13-6-2-1-3-7-13/h1-10,15,18,22H,11-12H2,(H,23,25)(H,27,28). The van der Waals surface area contributed by atoms with Gasteiger partial charge in [-0.2, -0.15) is 0 Å². The van der Waals surface area contributed by atoms with E-state index in [0.29, 0.717) is 12.2 Å². The second kappa shape index (κ2) is 7.19. The summed E-state index contributed by atoms with van der Waals surface area (Å²) in [6.07, 6.45) is 0. The van der Waals surface area contributed by atoms with Crippen LogP contribution in [0.1, 0.15) is 16.1 Å². The number of amides is 2. The van der Waals surface area contributed by atoms with Gasteiger partial charge in [0.05, 0.1) is 0 Å². The fourth-order valence-electron chi connectivity index (χ4n) is 3.55. The number of rotatable bonds is 5. The molecule has 4 rings (SSSR count). The third-order valence-electron chi connectivity index (χ3n) is 4.99. The van der Waals surface area contributed by atoms with E-state index in [1.54, 1.807) is 6.07 Å². The molecule has 1 aliphatic rings. The van der Waals surface area contributed by atoms with Gasteiger partial charge in [-0.05, 0) is 17.7 Å². The number of nitrogens with one attached hydrogen (secondary N) is 2. The Labute approximate surface area is 161 Å². The van der Waals surface area contributed by atoms with Crippen molar-refractivity contribution < 1.29 is 19.5 Å². The van der Waals surface area contributed by atoms with E-state index in [2.05, 4.69) is 10.3 Å². The number of carbonyl (C=O) groups excluding carboxylic acids is 2. The molecule has 2 heterocycles. The van der Waals surface area contributed by atoms with E-state index in [9.17, 15) is 19.5 Å². The SMILES string of the molecule is O=C(NC1C(=O)N(Cc2ccccc2)CC1C(=O)O)c1cc2ccccc2[nH]1. The number of likely N-dealkylation sites (tertiary alicyclic amines) is 1. The summed E-state index contributed by atoms with van der Waals surface area (Å²) in [6, 6.07) is 17.3. The number of aliphatic carboxylic acids is 1. The molecule has 0 spiro atoms. The van der Waals surface area contributed by atoms with Crippen LogP contribution in [0.4, 0.5) is 0 Å². The van der Waals surface area contributed by atoms with Crippen molar-refractivity contribution in [3.8, 4) is 0 Å². The zero-order valence-electron chi connectivity index (χ0n) is 15.0. The quantitative estimate of drug-likeness (QED) is 0.633. The summed E-state index contributed by atoms with van der Waals surface area (Å²) in [7, 11) is 0. The lowest BCUT2D eigenvalue weighted by Gasteiger charge is -2.17. The summed E-state index contributed by atoms with van der Waals surface area (Å²) in [5, 5.41) is 13.0. The molecule has 2 atom stereocenters. The van der Waals surface area contributed by atoms with Crippen LogP contribution in [-0.4, -0.2) is 45.4 Å². The van der Waals surface area contributed by atoms with Gasteiger partial charge in [0.15, 0.2) is 0 Å². The largest absolute Gasteiger partial charge is 0.481 e. The Morgan fingerprint density at radius 3 is 2.54 bits per heavy atom. The van der Waals surface area contributed by atoms with Crippen LogP contribution in [0.25, 0.3) is 10.9 Å². The molecule has 0 radical (unpaired) electrons. The number of benzene rings is 2. The Balaban J connectivity index is 1.53. The van der Waals surface area contributed by atoms with Crippen LogP contribution in [0.5, 0.6) is 0 Å². The maximum Gasteiger partial charge on any atom is 0.310 e. The Bertz CT molecular complexity index is 1010. The van der Waals surface area contributed by atoms with Gasteiger partial charge in [0.25, 0.3) is 5.91 Å². The van der Waals surface area contributed by atoms with E-state index in [-0.39, 0.29) is 12.5 Å². The number of aromatic amines is 1. The number of aromatic nitrogens is 1. The number of para-hydroxylation sites is 1. The summed E-state index contributed by atoms with van der Waals surface area (Å²) in [5.41, 5.74) is 1.99. The number of hydrogen-bond donors (Lipinski definition) is 3. The topological polar surface area (TPSA) is 102 Å². The average molecular weight is 377 g/mol. The smallest absolute Gasteiger partial charge is 0.310 e. The molecule has 2 aromatic carbocycles. The summed E-state index contributed by atoms with van der Waals surface area (Å²) >= 11 is 0. The van der Waals surface area contributed by atoms with Gasteiger partial charge in [-0.25, -0.2) is 0 Å². The van der Waals surface area contributed by atoms with Gasteiger partial charge >= 0.3 is 5.97 Å². The second-order valence-corrected chi connectivity index (χ2v) is 6.87.